The zero-order valence-electron chi connectivity index (χ0n) is 12.8. The van der Waals surface area contributed by atoms with Gasteiger partial charge in [-0.15, -0.1) is 0 Å². The maximum atomic E-state index is 12.4. The van der Waals surface area contributed by atoms with Crippen molar-refractivity contribution in [3.63, 3.8) is 0 Å². The minimum absolute atomic E-state index is 0.0235. The number of carbonyl (C=O) groups excluding carboxylic acids is 1. The van der Waals surface area contributed by atoms with E-state index < -0.39 is 0 Å². The van der Waals surface area contributed by atoms with Gasteiger partial charge in [-0.05, 0) is 24.8 Å². The number of amides is 1. The molecule has 1 aromatic carbocycles. The molecule has 5 heteroatoms. The third kappa shape index (κ3) is 3.30. The van der Waals surface area contributed by atoms with E-state index in [2.05, 4.69) is 15.5 Å². The zero-order chi connectivity index (χ0) is 15.4. The van der Waals surface area contributed by atoms with E-state index in [1.54, 1.807) is 0 Å². The van der Waals surface area contributed by atoms with E-state index in [4.69, 9.17) is 5.73 Å². The van der Waals surface area contributed by atoms with Gasteiger partial charge < -0.3 is 11.1 Å². The number of hydrogen-bond donors (Lipinski definition) is 3. The molecule has 2 aromatic rings. The van der Waals surface area contributed by atoms with Crippen molar-refractivity contribution in [3.05, 3.63) is 30.0 Å². The number of nitrogens with two attached hydrogens (primary N) is 1. The standard InChI is InChI=1S/C17H24N4O/c18-11-16(12-6-2-1-3-7-12)19-17(22)10-15-13-8-4-5-9-14(13)20-21-15/h4-5,8-9,12,16H,1-3,6-7,10-11,18H2,(H,19,22)(H,20,21). The normalized spacial score (nSPS) is 17.5. The predicted molar refractivity (Wildman–Crippen MR) is 87.4 cm³/mol. The molecule has 3 rings (SSSR count). The molecule has 0 saturated heterocycles. The lowest BCUT2D eigenvalue weighted by Gasteiger charge is -2.30. The molecule has 5 nitrogen and oxygen atoms in total. The van der Waals surface area contributed by atoms with Gasteiger partial charge in [-0.1, -0.05) is 37.5 Å². The summed E-state index contributed by atoms with van der Waals surface area (Å²) in [6.07, 6.45) is 6.49. The molecule has 118 valence electrons. The van der Waals surface area contributed by atoms with E-state index in [9.17, 15) is 4.79 Å². The summed E-state index contributed by atoms with van der Waals surface area (Å²) in [7, 11) is 0. The first-order valence-electron chi connectivity index (χ1n) is 8.19. The highest BCUT2D eigenvalue weighted by Crippen LogP contribution is 2.26. The Bertz CT molecular complexity index is 630. The van der Waals surface area contributed by atoms with Crippen molar-refractivity contribution >= 4 is 16.8 Å². The Hall–Kier alpha value is -1.88. The van der Waals surface area contributed by atoms with E-state index in [-0.39, 0.29) is 11.9 Å². The van der Waals surface area contributed by atoms with Gasteiger partial charge in [0.1, 0.15) is 0 Å². The number of nitrogens with zero attached hydrogens (tertiary/aromatic N) is 1. The SMILES string of the molecule is NCC(NC(=O)Cc1[nH]nc2ccccc12)C1CCCCC1. The number of aromatic nitrogens is 2. The molecule has 1 saturated carbocycles. The van der Waals surface area contributed by atoms with Crippen LogP contribution < -0.4 is 11.1 Å². The molecule has 1 aliphatic carbocycles. The molecule has 0 radical (unpaired) electrons. The molecule has 1 heterocycles. The molecule has 1 aliphatic rings. The highest BCUT2D eigenvalue weighted by atomic mass is 16.1. The Balaban J connectivity index is 1.63. The maximum Gasteiger partial charge on any atom is 0.226 e. The van der Waals surface area contributed by atoms with Gasteiger partial charge in [0.15, 0.2) is 0 Å². The number of carbonyl (C=O) groups is 1. The second-order valence-electron chi connectivity index (χ2n) is 6.20. The van der Waals surface area contributed by atoms with Crippen LogP contribution in [-0.2, 0) is 11.2 Å². The lowest BCUT2D eigenvalue weighted by molar-refractivity contribution is -0.121. The average molecular weight is 300 g/mol. The summed E-state index contributed by atoms with van der Waals surface area (Å²) in [4.78, 5) is 12.4. The number of rotatable bonds is 5. The quantitative estimate of drug-likeness (QED) is 0.791. The minimum atomic E-state index is 0.0235. The fraction of sp³-hybridized carbons (Fsp3) is 0.529. The monoisotopic (exact) mass is 300 g/mol. The molecule has 1 amide bonds. The maximum absolute atomic E-state index is 12.4. The van der Waals surface area contributed by atoms with Crippen molar-refractivity contribution in [1.82, 2.24) is 15.5 Å². The van der Waals surface area contributed by atoms with Crippen LogP contribution in [0.4, 0.5) is 0 Å². The second-order valence-corrected chi connectivity index (χ2v) is 6.20. The molecule has 0 spiro atoms. The first-order valence-corrected chi connectivity index (χ1v) is 8.19. The van der Waals surface area contributed by atoms with E-state index >= 15 is 0 Å². The Kier molecular flexibility index (Phi) is 4.73. The Morgan fingerprint density at radius 1 is 1.32 bits per heavy atom. The van der Waals surface area contributed by atoms with Gasteiger partial charge in [0.25, 0.3) is 0 Å². The van der Waals surface area contributed by atoms with Crippen molar-refractivity contribution < 1.29 is 4.79 Å². The highest BCUT2D eigenvalue weighted by molar-refractivity contribution is 5.87. The largest absolute Gasteiger partial charge is 0.351 e. The van der Waals surface area contributed by atoms with Gasteiger partial charge in [0.2, 0.25) is 5.91 Å². The summed E-state index contributed by atoms with van der Waals surface area (Å²) in [5, 5.41) is 11.3. The van der Waals surface area contributed by atoms with E-state index in [1.165, 1.54) is 32.1 Å². The van der Waals surface area contributed by atoms with Crippen LogP contribution in [-0.4, -0.2) is 28.7 Å². The summed E-state index contributed by atoms with van der Waals surface area (Å²) in [6.45, 7) is 0.514. The summed E-state index contributed by atoms with van der Waals surface area (Å²) < 4.78 is 0. The third-order valence-corrected chi connectivity index (χ3v) is 4.70. The number of hydrogen-bond acceptors (Lipinski definition) is 3. The van der Waals surface area contributed by atoms with Crippen molar-refractivity contribution in [3.8, 4) is 0 Å². The van der Waals surface area contributed by atoms with E-state index in [0.29, 0.717) is 18.9 Å². The summed E-state index contributed by atoms with van der Waals surface area (Å²) >= 11 is 0. The van der Waals surface area contributed by atoms with Crippen molar-refractivity contribution in [2.24, 2.45) is 11.7 Å². The van der Waals surface area contributed by atoms with Crippen LogP contribution in [0.25, 0.3) is 10.9 Å². The number of H-pyrrole nitrogens is 1. The number of fused-ring (bicyclic) bond motifs is 1. The molecule has 1 aromatic heterocycles. The topological polar surface area (TPSA) is 83.8 Å². The Morgan fingerprint density at radius 2 is 2.09 bits per heavy atom. The molecule has 0 bridgehead atoms. The number of aromatic amines is 1. The smallest absolute Gasteiger partial charge is 0.226 e. The molecule has 0 aliphatic heterocycles. The molecule has 4 N–H and O–H groups in total. The lowest BCUT2D eigenvalue weighted by Crippen LogP contribution is -2.46. The van der Waals surface area contributed by atoms with Crippen LogP contribution in [0.3, 0.4) is 0 Å². The van der Waals surface area contributed by atoms with Gasteiger partial charge in [-0.25, -0.2) is 0 Å². The Labute approximate surface area is 130 Å². The highest BCUT2D eigenvalue weighted by Gasteiger charge is 2.24. The molecule has 1 atom stereocenters. The van der Waals surface area contributed by atoms with Gasteiger partial charge in [-0.3, -0.25) is 9.89 Å². The van der Waals surface area contributed by atoms with Crippen molar-refractivity contribution in [2.45, 2.75) is 44.6 Å². The third-order valence-electron chi connectivity index (χ3n) is 4.70. The van der Waals surface area contributed by atoms with Gasteiger partial charge in [0.05, 0.1) is 17.6 Å². The molecular weight excluding hydrogens is 276 g/mol. The summed E-state index contributed by atoms with van der Waals surface area (Å²) in [6, 6.07) is 7.94. The first kappa shape index (κ1) is 15.0. The summed E-state index contributed by atoms with van der Waals surface area (Å²) in [5.41, 5.74) is 7.65. The average Bonchev–Trinajstić information content (AvgIpc) is 2.96. The Morgan fingerprint density at radius 3 is 2.86 bits per heavy atom. The van der Waals surface area contributed by atoms with E-state index in [0.717, 1.165) is 16.6 Å². The van der Waals surface area contributed by atoms with Crippen LogP contribution in [0.15, 0.2) is 24.3 Å². The second kappa shape index (κ2) is 6.92. The molecule has 22 heavy (non-hydrogen) atoms. The van der Waals surface area contributed by atoms with Gasteiger partial charge in [0, 0.05) is 18.0 Å². The molecule has 1 fully saturated rings. The summed E-state index contributed by atoms with van der Waals surface area (Å²) in [5.74, 6) is 0.552. The van der Waals surface area contributed by atoms with Crippen molar-refractivity contribution in [1.29, 1.82) is 0 Å². The van der Waals surface area contributed by atoms with Crippen LogP contribution in [0, 0.1) is 5.92 Å². The van der Waals surface area contributed by atoms with Crippen LogP contribution >= 0.6 is 0 Å². The lowest BCUT2D eigenvalue weighted by atomic mass is 9.84. The zero-order valence-corrected chi connectivity index (χ0v) is 12.8. The fourth-order valence-corrected chi connectivity index (χ4v) is 3.47. The van der Waals surface area contributed by atoms with Crippen LogP contribution in [0.2, 0.25) is 0 Å². The number of benzene rings is 1. The minimum Gasteiger partial charge on any atom is -0.351 e. The predicted octanol–water partition coefficient (Wildman–Crippen LogP) is 2.13. The van der Waals surface area contributed by atoms with Crippen molar-refractivity contribution in [2.75, 3.05) is 6.54 Å². The van der Waals surface area contributed by atoms with E-state index in [1.807, 2.05) is 24.3 Å². The first-order chi connectivity index (χ1) is 10.8. The fourth-order valence-electron chi connectivity index (χ4n) is 3.47. The van der Waals surface area contributed by atoms with Crippen LogP contribution in [0.1, 0.15) is 37.8 Å². The molecule has 1 unspecified atom stereocenters. The van der Waals surface area contributed by atoms with Gasteiger partial charge in [-0.2, -0.15) is 5.10 Å². The van der Waals surface area contributed by atoms with Gasteiger partial charge >= 0.3 is 0 Å². The van der Waals surface area contributed by atoms with Crippen LogP contribution in [0.5, 0.6) is 0 Å². The number of para-hydroxylation sites is 1. The number of nitrogens with one attached hydrogen (secondary N) is 2. The molecular formula is C17H24N4O.